The predicted molar refractivity (Wildman–Crippen MR) is 71.6 cm³/mol. The number of carbonyl (C=O) groups excluding carboxylic acids is 1. The highest BCUT2D eigenvalue weighted by Gasteiger charge is 2.15. The maximum Gasteiger partial charge on any atom is 0.255 e. The third-order valence-corrected chi connectivity index (χ3v) is 2.88. The number of aromatic hydroxyl groups is 1. The third kappa shape index (κ3) is 3.89. The minimum Gasteiger partial charge on any atom is -0.504 e. The molecule has 1 unspecified atom stereocenters. The maximum absolute atomic E-state index is 11.9. The van der Waals surface area contributed by atoms with Crippen molar-refractivity contribution in [2.24, 2.45) is 0 Å². The molecular weight excluding hydrogens is 302 g/mol. The lowest BCUT2D eigenvalue weighted by molar-refractivity contribution is 0.0947. The van der Waals surface area contributed by atoms with E-state index < -0.39 is 0 Å². The van der Waals surface area contributed by atoms with Gasteiger partial charge < -0.3 is 19.9 Å². The quantitative estimate of drug-likeness (QED) is 0.781. The van der Waals surface area contributed by atoms with Crippen LogP contribution < -0.4 is 10.1 Å². The Morgan fingerprint density at radius 2 is 2.22 bits per heavy atom. The lowest BCUT2D eigenvalue weighted by Gasteiger charge is -2.12. The molecule has 0 bridgehead atoms. The maximum atomic E-state index is 11.9. The van der Waals surface area contributed by atoms with Crippen molar-refractivity contribution in [3.8, 4) is 11.5 Å². The number of carbonyl (C=O) groups is 1. The largest absolute Gasteiger partial charge is 0.504 e. The van der Waals surface area contributed by atoms with Crippen molar-refractivity contribution in [2.75, 3.05) is 27.4 Å². The minimum absolute atomic E-state index is 0.0270. The SMILES string of the molecule is COCC(Br)CNC(=O)c1cccc(OC)c1O. The molecule has 2 N–H and O–H groups in total. The van der Waals surface area contributed by atoms with Gasteiger partial charge in [0.15, 0.2) is 11.5 Å². The molecule has 18 heavy (non-hydrogen) atoms. The van der Waals surface area contributed by atoms with E-state index in [4.69, 9.17) is 9.47 Å². The Morgan fingerprint density at radius 1 is 1.50 bits per heavy atom. The lowest BCUT2D eigenvalue weighted by atomic mass is 10.1. The molecule has 1 amide bonds. The molecule has 6 heteroatoms. The molecule has 1 rings (SSSR count). The first kappa shape index (κ1) is 14.8. The molecule has 0 aliphatic rings. The summed E-state index contributed by atoms with van der Waals surface area (Å²) in [7, 11) is 3.02. The number of hydrogen-bond donors (Lipinski definition) is 2. The van der Waals surface area contributed by atoms with Crippen LogP contribution in [-0.2, 0) is 4.74 Å². The summed E-state index contributed by atoms with van der Waals surface area (Å²) in [5.41, 5.74) is 0.187. The number of alkyl halides is 1. The molecule has 100 valence electrons. The van der Waals surface area contributed by atoms with E-state index in [1.54, 1.807) is 19.2 Å². The Kier molecular flexibility index (Phi) is 5.94. The van der Waals surface area contributed by atoms with Crippen molar-refractivity contribution in [3.05, 3.63) is 23.8 Å². The fourth-order valence-corrected chi connectivity index (χ4v) is 1.83. The summed E-state index contributed by atoms with van der Waals surface area (Å²) < 4.78 is 9.87. The Labute approximate surface area is 114 Å². The van der Waals surface area contributed by atoms with Crippen LogP contribution in [0.5, 0.6) is 11.5 Å². The van der Waals surface area contributed by atoms with Crippen LogP contribution in [0.15, 0.2) is 18.2 Å². The summed E-state index contributed by atoms with van der Waals surface area (Å²) in [6, 6.07) is 4.77. The van der Waals surface area contributed by atoms with Crippen LogP contribution in [0.3, 0.4) is 0 Å². The number of para-hydroxylation sites is 1. The van der Waals surface area contributed by atoms with Gasteiger partial charge in [-0.1, -0.05) is 22.0 Å². The molecule has 0 heterocycles. The molecule has 1 aromatic carbocycles. The summed E-state index contributed by atoms with van der Waals surface area (Å²) in [6.45, 7) is 0.897. The van der Waals surface area contributed by atoms with E-state index in [0.717, 1.165) is 0 Å². The second kappa shape index (κ2) is 7.23. The number of phenolic OH excluding ortho intramolecular Hbond substituents is 1. The molecule has 0 fully saturated rings. The topological polar surface area (TPSA) is 67.8 Å². The van der Waals surface area contributed by atoms with Gasteiger partial charge in [0.05, 0.1) is 24.1 Å². The Hall–Kier alpha value is -1.27. The Balaban J connectivity index is 2.67. The van der Waals surface area contributed by atoms with Gasteiger partial charge in [-0.25, -0.2) is 0 Å². The first-order valence-corrected chi connectivity index (χ1v) is 6.28. The zero-order valence-corrected chi connectivity index (χ0v) is 11.9. The molecule has 1 atom stereocenters. The van der Waals surface area contributed by atoms with Crippen LogP contribution in [-0.4, -0.2) is 43.2 Å². The monoisotopic (exact) mass is 317 g/mol. The number of methoxy groups -OCH3 is 2. The van der Waals surface area contributed by atoms with Crippen molar-refractivity contribution in [3.63, 3.8) is 0 Å². The zero-order chi connectivity index (χ0) is 13.5. The van der Waals surface area contributed by atoms with E-state index >= 15 is 0 Å². The van der Waals surface area contributed by atoms with Gasteiger partial charge in [-0.2, -0.15) is 0 Å². The number of benzene rings is 1. The molecule has 5 nitrogen and oxygen atoms in total. The van der Waals surface area contributed by atoms with Crippen LogP contribution in [0, 0.1) is 0 Å². The number of ether oxygens (including phenoxy) is 2. The number of halogens is 1. The van der Waals surface area contributed by atoms with Gasteiger partial charge in [0, 0.05) is 13.7 Å². The molecule has 0 aliphatic heterocycles. The Morgan fingerprint density at radius 3 is 2.83 bits per heavy atom. The van der Waals surface area contributed by atoms with Crippen molar-refractivity contribution in [1.82, 2.24) is 5.32 Å². The predicted octanol–water partition coefficient (Wildman–Crippen LogP) is 1.54. The normalized spacial score (nSPS) is 11.9. The zero-order valence-electron chi connectivity index (χ0n) is 10.3. The highest BCUT2D eigenvalue weighted by molar-refractivity contribution is 9.09. The van der Waals surface area contributed by atoms with Crippen molar-refractivity contribution < 1.29 is 19.4 Å². The molecular formula is C12H16BrNO4. The van der Waals surface area contributed by atoms with E-state index in [1.165, 1.54) is 13.2 Å². The van der Waals surface area contributed by atoms with Gasteiger partial charge in [-0.05, 0) is 12.1 Å². The van der Waals surface area contributed by atoms with Crippen LogP contribution in [0.1, 0.15) is 10.4 Å². The van der Waals surface area contributed by atoms with Gasteiger partial charge in [-0.15, -0.1) is 0 Å². The molecule has 0 radical (unpaired) electrons. The molecule has 0 aromatic heterocycles. The van der Waals surface area contributed by atoms with Crippen molar-refractivity contribution in [2.45, 2.75) is 4.83 Å². The fourth-order valence-electron chi connectivity index (χ4n) is 1.41. The van der Waals surface area contributed by atoms with E-state index in [-0.39, 0.29) is 27.8 Å². The van der Waals surface area contributed by atoms with Crippen LogP contribution in [0.2, 0.25) is 0 Å². The van der Waals surface area contributed by atoms with Crippen LogP contribution in [0.25, 0.3) is 0 Å². The molecule has 0 spiro atoms. The molecule has 0 aliphatic carbocycles. The number of phenols is 1. The summed E-state index contributed by atoms with van der Waals surface area (Å²) in [5, 5.41) is 12.5. The summed E-state index contributed by atoms with van der Waals surface area (Å²) >= 11 is 3.36. The number of amides is 1. The van der Waals surface area contributed by atoms with Gasteiger partial charge in [0.1, 0.15) is 0 Å². The first-order valence-electron chi connectivity index (χ1n) is 5.37. The Bertz CT molecular complexity index is 411. The summed E-state index contributed by atoms with van der Waals surface area (Å²) in [4.78, 5) is 11.9. The second-order valence-corrected chi connectivity index (χ2v) is 4.91. The van der Waals surface area contributed by atoms with Crippen molar-refractivity contribution in [1.29, 1.82) is 0 Å². The van der Waals surface area contributed by atoms with Gasteiger partial charge in [0.2, 0.25) is 0 Å². The van der Waals surface area contributed by atoms with E-state index in [9.17, 15) is 9.90 Å². The lowest BCUT2D eigenvalue weighted by Crippen LogP contribution is -2.31. The van der Waals surface area contributed by atoms with E-state index in [0.29, 0.717) is 13.2 Å². The standard InChI is InChI=1S/C12H16BrNO4/c1-17-7-8(13)6-14-12(16)9-4-3-5-10(18-2)11(9)15/h3-5,8,15H,6-7H2,1-2H3,(H,14,16). The van der Waals surface area contributed by atoms with E-state index in [2.05, 4.69) is 21.2 Å². The first-order chi connectivity index (χ1) is 8.60. The molecule has 0 saturated carbocycles. The smallest absolute Gasteiger partial charge is 0.255 e. The summed E-state index contributed by atoms with van der Waals surface area (Å²) in [5.74, 6) is -0.239. The minimum atomic E-state index is -0.355. The van der Waals surface area contributed by atoms with E-state index in [1.807, 2.05) is 0 Å². The fraction of sp³-hybridized carbons (Fsp3) is 0.417. The van der Waals surface area contributed by atoms with Gasteiger partial charge in [0.25, 0.3) is 5.91 Å². The molecule has 0 saturated heterocycles. The van der Waals surface area contributed by atoms with Crippen molar-refractivity contribution >= 4 is 21.8 Å². The van der Waals surface area contributed by atoms with Crippen LogP contribution >= 0.6 is 15.9 Å². The van der Waals surface area contributed by atoms with Gasteiger partial charge in [-0.3, -0.25) is 4.79 Å². The highest BCUT2D eigenvalue weighted by atomic mass is 79.9. The van der Waals surface area contributed by atoms with Gasteiger partial charge >= 0.3 is 0 Å². The highest BCUT2D eigenvalue weighted by Crippen LogP contribution is 2.29. The average molecular weight is 318 g/mol. The number of hydrogen-bond acceptors (Lipinski definition) is 4. The second-order valence-electron chi connectivity index (χ2n) is 3.62. The van der Waals surface area contributed by atoms with Crippen LogP contribution in [0.4, 0.5) is 0 Å². The summed E-state index contributed by atoms with van der Waals surface area (Å²) in [6.07, 6.45) is 0. The third-order valence-electron chi connectivity index (χ3n) is 2.30. The average Bonchev–Trinajstić information content (AvgIpc) is 2.36. The number of nitrogens with one attached hydrogen (secondary N) is 1. The number of rotatable bonds is 6. The molecule has 1 aromatic rings.